The van der Waals surface area contributed by atoms with Crippen LogP contribution in [-0.2, 0) is 0 Å². The van der Waals surface area contributed by atoms with E-state index in [0.29, 0.717) is 6.07 Å². The predicted molar refractivity (Wildman–Crippen MR) is 72.3 cm³/mol. The molecule has 0 saturated heterocycles. The minimum atomic E-state index is -1.04. The topological polar surface area (TPSA) is 90.1 Å². The molecule has 1 aromatic carbocycles. The lowest BCUT2D eigenvalue weighted by Gasteiger charge is -2.08. The van der Waals surface area contributed by atoms with Crippen molar-refractivity contribution in [1.82, 2.24) is 9.97 Å². The smallest absolute Gasteiger partial charge is 0.261 e. The highest BCUT2D eigenvalue weighted by Gasteiger charge is 2.17. The number of nitrogen functional groups attached to an aromatic ring is 1. The lowest BCUT2D eigenvalue weighted by Crippen LogP contribution is -2.17. The van der Waals surface area contributed by atoms with Crippen LogP contribution >= 0.6 is 11.6 Å². The highest BCUT2D eigenvalue weighted by atomic mass is 35.5. The van der Waals surface area contributed by atoms with Gasteiger partial charge in [0.15, 0.2) is 5.82 Å². The van der Waals surface area contributed by atoms with Crippen LogP contribution in [-0.4, -0.2) is 23.0 Å². The molecule has 0 radical (unpaired) electrons. The summed E-state index contributed by atoms with van der Waals surface area (Å²) in [7, 11) is 1.34. The molecule has 0 unspecified atom stereocenters. The third-order valence-corrected chi connectivity index (χ3v) is 2.61. The van der Waals surface area contributed by atoms with Crippen LogP contribution in [0.1, 0.15) is 10.4 Å². The highest BCUT2D eigenvalue weighted by Crippen LogP contribution is 2.20. The van der Waals surface area contributed by atoms with E-state index in [-0.39, 0.29) is 17.0 Å². The number of hydrogen-bond acceptors (Lipinski definition) is 5. The second kappa shape index (κ2) is 5.88. The molecular weight excluding hydrogens is 306 g/mol. The molecule has 1 heterocycles. The van der Waals surface area contributed by atoms with Gasteiger partial charge < -0.3 is 10.5 Å². The van der Waals surface area contributed by atoms with Crippen LogP contribution in [0.15, 0.2) is 18.2 Å². The normalized spacial score (nSPS) is 10.3. The monoisotopic (exact) mass is 314 g/mol. The fourth-order valence-electron chi connectivity index (χ4n) is 1.50. The number of ether oxygens (including phenoxy) is 1. The van der Waals surface area contributed by atoms with Crippen molar-refractivity contribution in [2.45, 2.75) is 0 Å². The van der Waals surface area contributed by atoms with Crippen molar-refractivity contribution < 1.29 is 18.3 Å². The minimum Gasteiger partial charge on any atom is -0.481 e. The maximum Gasteiger partial charge on any atom is 0.261 e. The second-order valence-corrected chi connectivity index (χ2v) is 4.25. The quantitative estimate of drug-likeness (QED) is 0.670. The molecule has 0 fully saturated rings. The number of benzene rings is 1. The van der Waals surface area contributed by atoms with Gasteiger partial charge in [-0.1, -0.05) is 11.6 Å². The Balaban J connectivity index is 2.32. The molecule has 1 amide bonds. The first-order chi connectivity index (χ1) is 9.90. The number of amides is 1. The number of methoxy groups -OCH3 is 1. The first kappa shape index (κ1) is 14.9. The molecule has 3 N–H and O–H groups in total. The number of aromatic nitrogens is 2. The summed E-state index contributed by atoms with van der Waals surface area (Å²) >= 11 is 5.70. The minimum absolute atomic E-state index is 0.0105. The van der Waals surface area contributed by atoms with Crippen LogP contribution in [0.4, 0.5) is 20.4 Å². The van der Waals surface area contributed by atoms with Gasteiger partial charge in [-0.2, -0.15) is 4.98 Å². The summed E-state index contributed by atoms with van der Waals surface area (Å²) in [4.78, 5) is 19.4. The van der Waals surface area contributed by atoms with Crippen molar-refractivity contribution in [2.75, 3.05) is 18.2 Å². The molecule has 0 aliphatic carbocycles. The number of hydrogen-bond donors (Lipinski definition) is 2. The molecule has 0 saturated carbocycles. The van der Waals surface area contributed by atoms with E-state index in [0.717, 1.165) is 6.07 Å². The van der Waals surface area contributed by atoms with Crippen LogP contribution in [0.25, 0.3) is 0 Å². The first-order valence-corrected chi connectivity index (χ1v) is 5.93. The van der Waals surface area contributed by atoms with Gasteiger partial charge in [-0.05, 0) is 12.1 Å². The molecule has 9 heteroatoms. The summed E-state index contributed by atoms with van der Waals surface area (Å²) < 4.78 is 31.8. The van der Waals surface area contributed by atoms with Gasteiger partial charge in [0.05, 0.1) is 18.4 Å². The first-order valence-electron chi connectivity index (χ1n) is 5.55. The van der Waals surface area contributed by atoms with E-state index in [4.69, 9.17) is 22.1 Å². The van der Waals surface area contributed by atoms with Gasteiger partial charge in [-0.15, -0.1) is 0 Å². The molecule has 2 aromatic rings. The van der Waals surface area contributed by atoms with Crippen molar-refractivity contribution in [3.63, 3.8) is 0 Å². The Morgan fingerprint density at radius 2 is 2.05 bits per heavy atom. The molecule has 6 nitrogen and oxygen atoms in total. The van der Waals surface area contributed by atoms with Crippen molar-refractivity contribution >= 4 is 29.1 Å². The zero-order chi connectivity index (χ0) is 15.6. The lowest BCUT2D eigenvalue weighted by atomic mass is 10.1. The van der Waals surface area contributed by atoms with Gasteiger partial charge >= 0.3 is 0 Å². The zero-order valence-electron chi connectivity index (χ0n) is 10.7. The van der Waals surface area contributed by atoms with Crippen LogP contribution in [0.2, 0.25) is 5.15 Å². The van der Waals surface area contributed by atoms with E-state index < -0.39 is 28.8 Å². The van der Waals surface area contributed by atoms with Crippen LogP contribution < -0.4 is 15.8 Å². The average Bonchev–Trinajstić information content (AvgIpc) is 2.41. The molecule has 1 aromatic heterocycles. The Morgan fingerprint density at radius 3 is 2.71 bits per heavy atom. The molecular formula is C12H9ClF2N4O2. The van der Waals surface area contributed by atoms with E-state index in [1.165, 1.54) is 13.2 Å². The number of carbonyl (C=O) groups excluding carboxylic acids is 1. The van der Waals surface area contributed by atoms with Crippen LogP contribution in [0.5, 0.6) is 5.88 Å². The number of nitrogens with two attached hydrogens (primary N) is 1. The zero-order valence-corrected chi connectivity index (χ0v) is 11.4. The third-order valence-electron chi connectivity index (χ3n) is 2.42. The summed E-state index contributed by atoms with van der Waals surface area (Å²) in [5.74, 6) is -2.97. The van der Waals surface area contributed by atoms with E-state index in [1.54, 1.807) is 0 Å². The molecule has 21 heavy (non-hydrogen) atoms. The summed E-state index contributed by atoms with van der Waals surface area (Å²) in [6, 6.07) is 2.80. The molecule has 110 valence electrons. The number of halogens is 3. The van der Waals surface area contributed by atoms with Crippen molar-refractivity contribution in [2.24, 2.45) is 0 Å². The third kappa shape index (κ3) is 3.34. The number of carbonyl (C=O) groups is 1. The van der Waals surface area contributed by atoms with Crippen LogP contribution in [0.3, 0.4) is 0 Å². The number of nitrogens with zero attached hydrogens (tertiary/aromatic N) is 2. The Labute approximate surface area is 122 Å². The van der Waals surface area contributed by atoms with Gasteiger partial charge in [-0.25, -0.2) is 13.8 Å². The molecule has 2 rings (SSSR count). The largest absolute Gasteiger partial charge is 0.481 e. The fourth-order valence-corrected chi connectivity index (χ4v) is 1.68. The van der Waals surface area contributed by atoms with E-state index in [1.807, 2.05) is 0 Å². The summed E-state index contributed by atoms with van der Waals surface area (Å²) in [5.41, 5.74) is 4.20. The van der Waals surface area contributed by atoms with Crippen molar-refractivity contribution in [3.05, 3.63) is 40.6 Å². The summed E-state index contributed by atoms with van der Waals surface area (Å²) in [5, 5.41) is 2.19. The number of anilines is 2. The van der Waals surface area contributed by atoms with Gasteiger partial charge in [0.2, 0.25) is 11.8 Å². The Kier molecular flexibility index (Phi) is 4.18. The Hall–Kier alpha value is -2.48. The summed E-state index contributed by atoms with van der Waals surface area (Å²) in [6.45, 7) is 0. The number of nitrogens with one attached hydrogen (secondary N) is 1. The van der Waals surface area contributed by atoms with Crippen molar-refractivity contribution in [3.8, 4) is 5.88 Å². The van der Waals surface area contributed by atoms with E-state index in [2.05, 4.69) is 15.3 Å². The van der Waals surface area contributed by atoms with Crippen molar-refractivity contribution in [1.29, 1.82) is 0 Å². The van der Waals surface area contributed by atoms with Gasteiger partial charge in [0, 0.05) is 6.07 Å². The van der Waals surface area contributed by atoms with Gasteiger partial charge in [0.25, 0.3) is 5.91 Å². The molecule has 0 aliphatic heterocycles. The predicted octanol–water partition coefficient (Wildman–Crippen LogP) is 2.25. The highest BCUT2D eigenvalue weighted by molar-refractivity contribution is 6.29. The Morgan fingerprint density at radius 1 is 1.33 bits per heavy atom. The van der Waals surface area contributed by atoms with Crippen LogP contribution in [0, 0.1) is 11.6 Å². The molecule has 0 spiro atoms. The van der Waals surface area contributed by atoms with E-state index in [9.17, 15) is 13.6 Å². The summed E-state index contributed by atoms with van der Waals surface area (Å²) in [6.07, 6.45) is 0. The molecule has 0 atom stereocenters. The van der Waals surface area contributed by atoms with Gasteiger partial charge in [0.1, 0.15) is 11.0 Å². The van der Waals surface area contributed by atoms with Gasteiger partial charge in [-0.3, -0.25) is 10.1 Å². The molecule has 0 aliphatic rings. The maximum absolute atomic E-state index is 13.7. The number of rotatable bonds is 3. The molecule has 0 bridgehead atoms. The standard InChI is InChI=1S/C12H9ClF2N4O2/c1-21-9-4-8(13)17-12(18-9)19-11(20)6-2-5(14)3-7(16)10(6)15/h2-4H,16H2,1H3,(H,17,18,19,20). The Bertz CT molecular complexity index is 712. The second-order valence-electron chi connectivity index (χ2n) is 3.87. The maximum atomic E-state index is 13.7. The SMILES string of the molecule is COc1cc(Cl)nc(NC(=O)c2cc(F)cc(N)c2F)n1. The van der Waals surface area contributed by atoms with E-state index >= 15 is 0 Å². The fraction of sp³-hybridized carbons (Fsp3) is 0.0833. The average molecular weight is 315 g/mol. The lowest BCUT2D eigenvalue weighted by molar-refractivity contribution is 0.102.